The van der Waals surface area contributed by atoms with Gasteiger partial charge in [0.25, 0.3) is 0 Å². The van der Waals surface area contributed by atoms with Crippen LogP contribution in [0, 0.1) is 0 Å². The second kappa shape index (κ2) is 72.9. The van der Waals surface area contributed by atoms with Gasteiger partial charge < -0.3 is 16.4 Å². The molecule has 0 saturated carbocycles. The summed E-state index contributed by atoms with van der Waals surface area (Å²) in [7, 11) is 0. The summed E-state index contributed by atoms with van der Waals surface area (Å²) in [6, 6.07) is 0. The van der Waals surface area contributed by atoms with Crippen molar-refractivity contribution < 1.29 is 37.5 Å². The molecule has 0 aliphatic carbocycles. The first kappa shape index (κ1) is 180. The van der Waals surface area contributed by atoms with Crippen molar-refractivity contribution in [2.45, 2.75) is 0 Å². The van der Waals surface area contributed by atoms with Crippen molar-refractivity contribution in [1.82, 2.24) is 0 Å². The molecule has 4 heavy (non-hydrogen) atoms. The number of hydrogen-bond acceptors (Lipinski definition) is 0. The molecule has 0 atom stereocenters. The van der Waals surface area contributed by atoms with Gasteiger partial charge in [-0.05, 0) is 0 Å². The predicted octanol–water partition coefficient (Wildman–Crippen LogP) is -2.48. The molecule has 0 aromatic carbocycles. The molecular weight excluding hydrogens is 243 g/mol. The van der Waals surface area contributed by atoms with Crippen molar-refractivity contribution in [2.24, 2.45) is 0 Å². The SMILES string of the molecule is O.O.O.[Pt]. The van der Waals surface area contributed by atoms with Gasteiger partial charge in [-0.3, -0.25) is 0 Å². The molecule has 0 aromatic rings. The van der Waals surface area contributed by atoms with Gasteiger partial charge in [0.2, 0.25) is 0 Å². The van der Waals surface area contributed by atoms with Gasteiger partial charge >= 0.3 is 0 Å². The van der Waals surface area contributed by atoms with Gasteiger partial charge in [0, 0.05) is 21.1 Å². The molecule has 0 spiro atoms. The summed E-state index contributed by atoms with van der Waals surface area (Å²) >= 11 is 0. The summed E-state index contributed by atoms with van der Waals surface area (Å²) in [6.45, 7) is 0. The van der Waals surface area contributed by atoms with Crippen molar-refractivity contribution in [3.8, 4) is 0 Å². The van der Waals surface area contributed by atoms with E-state index < -0.39 is 0 Å². The smallest absolute Gasteiger partial charge is 0 e. The van der Waals surface area contributed by atoms with Crippen molar-refractivity contribution in [3.05, 3.63) is 0 Å². The molecule has 0 unspecified atom stereocenters. The molecule has 4 heteroatoms. The van der Waals surface area contributed by atoms with Gasteiger partial charge in [0.05, 0.1) is 0 Å². The van der Waals surface area contributed by atoms with Gasteiger partial charge in [0.1, 0.15) is 0 Å². The van der Waals surface area contributed by atoms with Gasteiger partial charge in [-0.15, -0.1) is 0 Å². The fraction of sp³-hybridized carbons (Fsp3) is 0. The van der Waals surface area contributed by atoms with Crippen LogP contribution >= 0.6 is 0 Å². The second-order valence-corrected chi connectivity index (χ2v) is 0. The first-order chi connectivity index (χ1) is 0. The number of hydrogen-bond donors (Lipinski definition) is 0. The van der Waals surface area contributed by atoms with Crippen LogP contribution in [0.15, 0.2) is 0 Å². The second-order valence-electron chi connectivity index (χ2n) is 0. The van der Waals surface area contributed by atoms with E-state index in [9.17, 15) is 0 Å². The van der Waals surface area contributed by atoms with Crippen LogP contribution in [0.4, 0.5) is 0 Å². The summed E-state index contributed by atoms with van der Waals surface area (Å²) in [5, 5.41) is 0. The van der Waals surface area contributed by atoms with Gasteiger partial charge in [-0.1, -0.05) is 0 Å². The van der Waals surface area contributed by atoms with E-state index in [1.54, 1.807) is 0 Å². The van der Waals surface area contributed by atoms with E-state index in [1.807, 2.05) is 0 Å². The molecule has 0 rings (SSSR count). The Morgan fingerprint density at radius 1 is 0.500 bits per heavy atom. The van der Waals surface area contributed by atoms with Crippen LogP contribution < -0.4 is 0 Å². The zero-order valence-corrected chi connectivity index (χ0v) is 4.09. The monoisotopic (exact) mass is 249 g/mol. The molecule has 34 valence electrons. The Morgan fingerprint density at radius 3 is 0.500 bits per heavy atom. The molecule has 0 aliphatic rings. The van der Waals surface area contributed by atoms with E-state index in [2.05, 4.69) is 0 Å². The maximum Gasteiger partial charge on any atom is 0 e. The molecule has 0 aliphatic heterocycles. The molecule has 0 radical (unpaired) electrons. The summed E-state index contributed by atoms with van der Waals surface area (Å²) in [6.07, 6.45) is 0. The minimum atomic E-state index is 0. The van der Waals surface area contributed by atoms with E-state index in [4.69, 9.17) is 0 Å². The topological polar surface area (TPSA) is 94.5 Å². The van der Waals surface area contributed by atoms with Crippen LogP contribution in [0.5, 0.6) is 0 Å². The maximum absolute atomic E-state index is 0. The molecule has 0 aromatic heterocycles. The Bertz CT molecular complexity index is 3.25. The van der Waals surface area contributed by atoms with Crippen molar-refractivity contribution in [2.75, 3.05) is 0 Å². The fourth-order valence-electron chi connectivity index (χ4n) is 0. The third-order valence-electron chi connectivity index (χ3n) is 0. The van der Waals surface area contributed by atoms with Crippen LogP contribution in [-0.2, 0) is 21.1 Å². The Morgan fingerprint density at radius 2 is 0.500 bits per heavy atom. The van der Waals surface area contributed by atoms with E-state index in [1.165, 1.54) is 0 Å². The van der Waals surface area contributed by atoms with Crippen molar-refractivity contribution in [1.29, 1.82) is 0 Å². The quantitative estimate of drug-likeness (QED) is 0.454. The normalized spacial score (nSPS) is 0. The van der Waals surface area contributed by atoms with E-state index in [0.29, 0.717) is 0 Å². The van der Waals surface area contributed by atoms with Crippen molar-refractivity contribution >= 4 is 0 Å². The predicted molar refractivity (Wildman–Crippen MR) is 10.8 cm³/mol. The zero-order valence-electron chi connectivity index (χ0n) is 1.82. The van der Waals surface area contributed by atoms with Crippen LogP contribution in [0.2, 0.25) is 0 Å². The Labute approximate surface area is 38.2 Å². The van der Waals surface area contributed by atoms with E-state index in [-0.39, 0.29) is 37.5 Å². The fourth-order valence-corrected chi connectivity index (χ4v) is 0. The molecule has 0 saturated heterocycles. The average Bonchev–Trinajstić information content (AvgIpc) is 0. The van der Waals surface area contributed by atoms with E-state index >= 15 is 0 Å². The molecule has 0 heterocycles. The minimum Gasteiger partial charge on any atom is -0.412 e. The third-order valence-corrected chi connectivity index (χ3v) is 0. The summed E-state index contributed by atoms with van der Waals surface area (Å²) in [4.78, 5) is 0. The zero-order chi connectivity index (χ0) is 0. The average molecular weight is 249 g/mol. The van der Waals surface area contributed by atoms with Crippen LogP contribution in [0.25, 0.3) is 0 Å². The molecule has 0 fully saturated rings. The summed E-state index contributed by atoms with van der Waals surface area (Å²) in [5.74, 6) is 0. The van der Waals surface area contributed by atoms with Crippen LogP contribution in [0.3, 0.4) is 0 Å². The summed E-state index contributed by atoms with van der Waals surface area (Å²) in [5.41, 5.74) is 0. The summed E-state index contributed by atoms with van der Waals surface area (Å²) < 4.78 is 0. The van der Waals surface area contributed by atoms with Gasteiger partial charge in [-0.25, -0.2) is 0 Å². The largest absolute Gasteiger partial charge is 0.412 e. The van der Waals surface area contributed by atoms with Gasteiger partial charge in [0.15, 0.2) is 0 Å². The standard InChI is InChI=1S/3H2O.Pt/h3*1H2;. The molecule has 0 bridgehead atoms. The molecule has 6 N–H and O–H groups in total. The first-order valence-corrected chi connectivity index (χ1v) is 0. The number of rotatable bonds is 0. The molecular formula is H6O3Pt. The first-order valence-electron chi connectivity index (χ1n) is 0. The third kappa shape index (κ3) is 19.6. The molecule has 3 nitrogen and oxygen atoms in total. The van der Waals surface area contributed by atoms with E-state index in [0.717, 1.165) is 0 Å². The Balaban J connectivity index is 0. The molecule has 0 amide bonds. The maximum atomic E-state index is 0. The van der Waals surface area contributed by atoms with Gasteiger partial charge in [-0.2, -0.15) is 0 Å². The van der Waals surface area contributed by atoms with Crippen LogP contribution in [-0.4, -0.2) is 16.4 Å². The van der Waals surface area contributed by atoms with Crippen LogP contribution in [0.1, 0.15) is 0 Å². The Kier molecular flexibility index (Phi) is 3280. The van der Waals surface area contributed by atoms with Crippen molar-refractivity contribution in [3.63, 3.8) is 0 Å². The minimum absolute atomic E-state index is 0. The Hall–Kier alpha value is 0.568.